The van der Waals surface area contributed by atoms with Crippen molar-refractivity contribution in [3.63, 3.8) is 0 Å². The van der Waals surface area contributed by atoms with Crippen LogP contribution in [0, 0.1) is 0 Å². The van der Waals surface area contributed by atoms with Gasteiger partial charge in [-0.3, -0.25) is 4.79 Å². The predicted molar refractivity (Wildman–Crippen MR) is 120 cm³/mol. The number of nitrogen functional groups attached to an aromatic ring is 1. The first-order chi connectivity index (χ1) is 15.0. The highest BCUT2D eigenvalue weighted by molar-refractivity contribution is 5.98. The van der Waals surface area contributed by atoms with Gasteiger partial charge in [-0.25, -0.2) is 14.6 Å². The molecule has 1 aromatic carbocycles. The van der Waals surface area contributed by atoms with Crippen LogP contribution in [0.1, 0.15) is 12.5 Å². The summed E-state index contributed by atoms with van der Waals surface area (Å²) in [5, 5.41) is 5.59. The van der Waals surface area contributed by atoms with Gasteiger partial charge in [-0.1, -0.05) is 18.2 Å². The summed E-state index contributed by atoms with van der Waals surface area (Å²) < 4.78 is 7.25. The van der Waals surface area contributed by atoms with Gasteiger partial charge < -0.3 is 20.3 Å². The Morgan fingerprint density at radius 1 is 1.35 bits per heavy atom. The molecule has 2 N–H and O–H groups in total. The van der Waals surface area contributed by atoms with E-state index in [9.17, 15) is 4.79 Å². The molecule has 9 nitrogen and oxygen atoms in total. The lowest BCUT2D eigenvalue weighted by molar-refractivity contribution is -0.125. The summed E-state index contributed by atoms with van der Waals surface area (Å²) in [7, 11) is 5.57. The lowest BCUT2D eigenvalue weighted by atomic mass is 10.1. The standard InChI is InChI=1S/C22H27N7O2/c1-27(2)10-5-8-18(30)28-11-9-16(13-28)29-22-19(21(23)24-14-25-22)20(26-29)15-6-4-7-17(12-15)31-3/h4-8,12,14,16H,9-11,13H2,1-3H3,(H2,23,24,25). The van der Waals surface area contributed by atoms with Crippen molar-refractivity contribution in [2.75, 3.05) is 46.6 Å². The third-order valence-electron chi connectivity index (χ3n) is 5.41. The van der Waals surface area contributed by atoms with Crippen molar-refractivity contribution in [3.8, 4) is 17.0 Å². The van der Waals surface area contributed by atoms with Gasteiger partial charge in [-0.2, -0.15) is 5.10 Å². The predicted octanol–water partition coefficient (Wildman–Crippen LogP) is 1.98. The second-order valence-electron chi connectivity index (χ2n) is 7.87. The number of benzene rings is 1. The van der Waals surface area contributed by atoms with E-state index in [4.69, 9.17) is 15.6 Å². The van der Waals surface area contributed by atoms with E-state index in [1.807, 2.05) is 58.9 Å². The van der Waals surface area contributed by atoms with Crippen molar-refractivity contribution < 1.29 is 9.53 Å². The van der Waals surface area contributed by atoms with Gasteiger partial charge in [-0.05, 0) is 32.6 Å². The molecule has 1 saturated heterocycles. The maximum atomic E-state index is 12.6. The molecule has 9 heteroatoms. The number of likely N-dealkylation sites (N-methyl/N-ethyl adjacent to an activating group) is 1. The van der Waals surface area contributed by atoms with E-state index in [1.54, 1.807) is 13.2 Å². The second kappa shape index (κ2) is 8.73. The zero-order valence-corrected chi connectivity index (χ0v) is 18.0. The molecule has 1 aliphatic heterocycles. The number of rotatable bonds is 6. The third kappa shape index (κ3) is 4.22. The molecule has 31 heavy (non-hydrogen) atoms. The fourth-order valence-electron chi connectivity index (χ4n) is 3.83. The van der Waals surface area contributed by atoms with Crippen LogP contribution in [0.2, 0.25) is 0 Å². The SMILES string of the molecule is COc1cccc(-c2nn(C3CCN(C(=O)C=CCN(C)C)C3)c3ncnc(N)c23)c1. The van der Waals surface area contributed by atoms with Crippen molar-refractivity contribution in [1.29, 1.82) is 0 Å². The normalized spacial score (nSPS) is 16.6. The van der Waals surface area contributed by atoms with Crippen LogP contribution in [0.3, 0.4) is 0 Å². The van der Waals surface area contributed by atoms with Gasteiger partial charge in [0.15, 0.2) is 5.65 Å². The fourth-order valence-corrected chi connectivity index (χ4v) is 3.83. The van der Waals surface area contributed by atoms with E-state index in [1.165, 1.54) is 6.33 Å². The van der Waals surface area contributed by atoms with Crippen LogP contribution in [0.25, 0.3) is 22.3 Å². The van der Waals surface area contributed by atoms with Gasteiger partial charge in [0, 0.05) is 31.3 Å². The number of carbonyl (C=O) groups excluding carboxylic acids is 1. The summed E-state index contributed by atoms with van der Waals surface area (Å²) in [5.41, 5.74) is 8.48. The monoisotopic (exact) mass is 421 g/mol. The summed E-state index contributed by atoms with van der Waals surface area (Å²) in [6, 6.07) is 7.68. The van der Waals surface area contributed by atoms with Gasteiger partial charge in [-0.15, -0.1) is 0 Å². The molecule has 0 saturated carbocycles. The smallest absolute Gasteiger partial charge is 0.246 e. The van der Waals surface area contributed by atoms with Crippen LogP contribution in [-0.2, 0) is 4.79 Å². The number of hydrogen-bond donors (Lipinski definition) is 1. The van der Waals surface area contributed by atoms with Gasteiger partial charge in [0.05, 0.1) is 18.5 Å². The summed E-state index contributed by atoms with van der Waals surface area (Å²) in [5.74, 6) is 1.13. The van der Waals surface area contributed by atoms with E-state index in [0.29, 0.717) is 35.6 Å². The third-order valence-corrected chi connectivity index (χ3v) is 5.41. The Kier molecular flexibility index (Phi) is 5.85. The molecule has 1 amide bonds. The topological polar surface area (TPSA) is 102 Å². The quantitative estimate of drug-likeness (QED) is 0.607. The number of likely N-dealkylation sites (tertiary alicyclic amines) is 1. The maximum Gasteiger partial charge on any atom is 0.246 e. The number of aromatic nitrogens is 4. The Morgan fingerprint density at radius 2 is 2.19 bits per heavy atom. The molecule has 2 aromatic heterocycles. The largest absolute Gasteiger partial charge is 0.497 e. The van der Waals surface area contributed by atoms with Gasteiger partial charge >= 0.3 is 0 Å². The first-order valence-electron chi connectivity index (χ1n) is 10.2. The van der Waals surface area contributed by atoms with Crippen molar-refractivity contribution in [3.05, 3.63) is 42.7 Å². The highest BCUT2D eigenvalue weighted by atomic mass is 16.5. The molecule has 3 heterocycles. The summed E-state index contributed by atoms with van der Waals surface area (Å²) in [4.78, 5) is 25.0. The molecule has 1 fully saturated rings. The number of amides is 1. The molecule has 4 rings (SSSR count). The minimum atomic E-state index is 0.0161. The minimum Gasteiger partial charge on any atom is -0.497 e. The summed E-state index contributed by atoms with van der Waals surface area (Å²) in [6.45, 7) is 1.97. The fraction of sp³-hybridized carbons (Fsp3) is 0.364. The van der Waals surface area contributed by atoms with Crippen molar-refractivity contribution >= 4 is 22.8 Å². The molecule has 162 valence electrons. The van der Waals surface area contributed by atoms with E-state index in [2.05, 4.69) is 9.97 Å². The number of ether oxygens (including phenoxy) is 1. The van der Waals surface area contributed by atoms with Crippen LogP contribution in [-0.4, -0.2) is 76.3 Å². The van der Waals surface area contributed by atoms with E-state index in [0.717, 1.165) is 24.3 Å². The lowest BCUT2D eigenvalue weighted by Gasteiger charge is -2.15. The average Bonchev–Trinajstić information content (AvgIpc) is 3.39. The van der Waals surface area contributed by atoms with Crippen molar-refractivity contribution in [1.82, 2.24) is 29.5 Å². The number of carbonyl (C=O) groups is 1. The Hall–Kier alpha value is -3.46. The Bertz CT molecular complexity index is 1120. The van der Waals surface area contributed by atoms with Crippen LogP contribution in [0.4, 0.5) is 5.82 Å². The number of hydrogen-bond acceptors (Lipinski definition) is 7. The highest BCUT2D eigenvalue weighted by Gasteiger charge is 2.30. The number of methoxy groups -OCH3 is 1. The van der Waals surface area contributed by atoms with E-state index < -0.39 is 0 Å². The first-order valence-corrected chi connectivity index (χ1v) is 10.2. The van der Waals surface area contributed by atoms with Gasteiger partial charge in [0.1, 0.15) is 23.6 Å². The number of nitrogens with two attached hydrogens (primary N) is 1. The lowest BCUT2D eigenvalue weighted by Crippen LogP contribution is -2.28. The molecule has 0 aliphatic carbocycles. The Morgan fingerprint density at radius 3 is 2.97 bits per heavy atom. The zero-order valence-electron chi connectivity index (χ0n) is 18.0. The van der Waals surface area contributed by atoms with Crippen LogP contribution >= 0.6 is 0 Å². The highest BCUT2D eigenvalue weighted by Crippen LogP contribution is 2.34. The molecule has 0 radical (unpaired) electrons. The molecule has 0 spiro atoms. The molecule has 3 aromatic rings. The molecule has 1 aliphatic rings. The molecule has 0 bridgehead atoms. The van der Waals surface area contributed by atoms with Crippen LogP contribution in [0.15, 0.2) is 42.7 Å². The molecular weight excluding hydrogens is 394 g/mol. The van der Waals surface area contributed by atoms with Crippen molar-refractivity contribution in [2.45, 2.75) is 12.5 Å². The summed E-state index contributed by atoms with van der Waals surface area (Å²) >= 11 is 0. The van der Waals surface area contributed by atoms with E-state index in [-0.39, 0.29) is 11.9 Å². The molecule has 1 atom stereocenters. The Balaban J connectivity index is 1.65. The molecular formula is C22H27N7O2. The molecule has 1 unspecified atom stereocenters. The van der Waals surface area contributed by atoms with Crippen LogP contribution in [0.5, 0.6) is 5.75 Å². The Labute approximate surface area is 181 Å². The van der Waals surface area contributed by atoms with Crippen LogP contribution < -0.4 is 10.5 Å². The average molecular weight is 422 g/mol. The van der Waals surface area contributed by atoms with E-state index >= 15 is 0 Å². The summed E-state index contributed by atoms with van der Waals surface area (Å²) in [6.07, 6.45) is 5.78. The number of anilines is 1. The first kappa shape index (κ1) is 20.8. The van der Waals surface area contributed by atoms with Gasteiger partial charge in [0.2, 0.25) is 5.91 Å². The van der Waals surface area contributed by atoms with Crippen molar-refractivity contribution in [2.24, 2.45) is 0 Å². The van der Waals surface area contributed by atoms with Gasteiger partial charge in [0.25, 0.3) is 0 Å². The minimum absolute atomic E-state index is 0.0161. The number of fused-ring (bicyclic) bond motifs is 1. The zero-order chi connectivity index (χ0) is 22.0. The second-order valence-corrected chi connectivity index (χ2v) is 7.87. The maximum absolute atomic E-state index is 12.6. The number of nitrogens with zero attached hydrogens (tertiary/aromatic N) is 6.